The van der Waals surface area contributed by atoms with Crippen LogP contribution in [0, 0.1) is 28.6 Å². The molecule has 0 aliphatic heterocycles. The van der Waals surface area contributed by atoms with Crippen LogP contribution in [0.25, 0.3) is 6.08 Å². The highest BCUT2D eigenvalue weighted by molar-refractivity contribution is 5.70. The van der Waals surface area contributed by atoms with Crippen molar-refractivity contribution in [2.24, 2.45) is 5.92 Å². The van der Waals surface area contributed by atoms with Crippen molar-refractivity contribution in [1.82, 2.24) is 0 Å². The van der Waals surface area contributed by atoms with Crippen LogP contribution in [0.5, 0.6) is 0 Å². The Morgan fingerprint density at radius 2 is 1.74 bits per heavy atom. The first-order valence-electron chi connectivity index (χ1n) is 6.54. The van der Waals surface area contributed by atoms with Crippen LogP contribution in [-0.4, -0.2) is 0 Å². The van der Waals surface area contributed by atoms with E-state index < -0.39 is 0 Å². The van der Waals surface area contributed by atoms with Gasteiger partial charge in [-0.25, -0.2) is 0 Å². The molecule has 1 aromatic carbocycles. The largest absolute Gasteiger partial charge is 0.192 e. The molecular formula is C17H14N2. The van der Waals surface area contributed by atoms with Crippen molar-refractivity contribution in [2.45, 2.75) is 25.2 Å². The zero-order valence-electron chi connectivity index (χ0n) is 10.9. The summed E-state index contributed by atoms with van der Waals surface area (Å²) in [6.07, 6.45) is 10.5. The fraction of sp³-hybridized carbons (Fsp3) is 0.294. The van der Waals surface area contributed by atoms with Crippen LogP contribution in [0.2, 0.25) is 0 Å². The smallest absolute Gasteiger partial charge is 0.0998 e. The Morgan fingerprint density at radius 1 is 1.11 bits per heavy atom. The van der Waals surface area contributed by atoms with Gasteiger partial charge >= 0.3 is 0 Å². The summed E-state index contributed by atoms with van der Waals surface area (Å²) in [6.45, 7) is 2.20. The third-order valence-electron chi connectivity index (χ3n) is 4.54. The highest BCUT2D eigenvalue weighted by Gasteiger charge is 2.42. The standard InChI is InChI=1S/C17H14N2/c1-12-4-7-15-13(10-18)5-6-14(11-19)16(15)17(12)8-2-3-9-17/h2-7,12H,8-9H2,1H3/t12-/m1/s1. The van der Waals surface area contributed by atoms with Gasteiger partial charge in [-0.15, -0.1) is 0 Å². The van der Waals surface area contributed by atoms with Crippen molar-refractivity contribution in [3.8, 4) is 12.1 Å². The lowest BCUT2D eigenvalue weighted by molar-refractivity contribution is 0.353. The molecule has 0 saturated heterocycles. The van der Waals surface area contributed by atoms with Crippen molar-refractivity contribution in [1.29, 1.82) is 10.5 Å². The predicted molar refractivity (Wildman–Crippen MR) is 74.1 cm³/mol. The molecule has 0 heterocycles. The average molecular weight is 246 g/mol. The van der Waals surface area contributed by atoms with Gasteiger partial charge in [-0.05, 0) is 42.0 Å². The molecule has 2 nitrogen and oxygen atoms in total. The lowest BCUT2D eigenvalue weighted by atomic mass is 9.63. The lowest BCUT2D eigenvalue weighted by Crippen LogP contribution is -2.34. The second kappa shape index (κ2) is 4.11. The number of fused-ring (bicyclic) bond motifs is 2. The van der Waals surface area contributed by atoms with Crippen LogP contribution in [0.15, 0.2) is 30.4 Å². The quantitative estimate of drug-likeness (QED) is 0.655. The minimum Gasteiger partial charge on any atom is -0.192 e. The summed E-state index contributed by atoms with van der Waals surface area (Å²) in [5.74, 6) is 0.385. The van der Waals surface area contributed by atoms with Crippen molar-refractivity contribution >= 4 is 6.08 Å². The van der Waals surface area contributed by atoms with Gasteiger partial charge in [-0.1, -0.05) is 31.2 Å². The summed E-state index contributed by atoms with van der Waals surface area (Å²) in [6, 6.07) is 8.11. The third kappa shape index (κ3) is 1.47. The number of hydrogen-bond acceptors (Lipinski definition) is 2. The van der Waals surface area contributed by atoms with Gasteiger partial charge in [-0.3, -0.25) is 0 Å². The number of nitrogens with zero attached hydrogens (tertiary/aromatic N) is 2. The van der Waals surface area contributed by atoms with Crippen LogP contribution in [-0.2, 0) is 5.41 Å². The van der Waals surface area contributed by atoms with Crippen molar-refractivity contribution in [3.63, 3.8) is 0 Å². The molecule has 0 saturated carbocycles. The predicted octanol–water partition coefficient (Wildman–Crippen LogP) is 3.68. The van der Waals surface area contributed by atoms with Gasteiger partial charge in [0, 0.05) is 5.41 Å². The van der Waals surface area contributed by atoms with E-state index in [0.29, 0.717) is 17.0 Å². The molecule has 0 aromatic heterocycles. The van der Waals surface area contributed by atoms with E-state index in [1.807, 2.05) is 6.08 Å². The molecule has 2 heteroatoms. The van der Waals surface area contributed by atoms with Crippen LogP contribution >= 0.6 is 0 Å². The molecule has 0 bridgehead atoms. The number of allylic oxidation sites excluding steroid dienone is 3. The van der Waals surface area contributed by atoms with Crippen LogP contribution in [0.4, 0.5) is 0 Å². The van der Waals surface area contributed by atoms with E-state index in [2.05, 4.69) is 37.3 Å². The lowest BCUT2D eigenvalue weighted by Gasteiger charge is -2.39. The SMILES string of the molecule is C[C@@H]1C=Cc2c(C#N)ccc(C#N)c2C12CC=CC2. The van der Waals surface area contributed by atoms with E-state index in [4.69, 9.17) is 0 Å². The van der Waals surface area contributed by atoms with Crippen molar-refractivity contribution < 1.29 is 0 Å². The number of benzene rings is 1. The fourth-order valence-corrected chi connectivity index (χ4v) is 3.42. The summed E-state index contributed by atoms with van der Waals surface area (Å²) < 4.78 is 0. The number of rotatable bonds is 0. The first kappa shape index (κ1) is 11.8. The molecular weight excluding hydrogens is 232 g/mol. The van der Waals surface area contributed by atoms with Crippen LogP contribution in [0.1, 0.15) is 42.0 Å². The maximum absolute atomic E-state index is 9.41. The molecule has 3 rings (SSSR count). The summed E-state index contributed by atoms with van der Waals surface area (Å²) in [4.78, 5) is 0. The monoisotopic (exact) mass is 246 g/mol. The molecule has 0 N–H and O–H groups in total. The normalized spacial score (nSPS) is 21.9. The van der Waals surface area contributed by atoms with E-state index in [9.17, 15) is 10.5 Å². The molecule has 0 radical (unpaired) electrons. The molecule has 0 amide bonds. The Kier molecular flexibility index (Phi) is 2.54. The van der Waals surface area contributed by atoms with E-state index >= 15 is 0 Å². The molecule has 0 fully saturated rings. The van der Waals surface area contributed by atoms with Crippen molar-refractivity contribution in [3.05, 3.63) is 52.6 Å². The second-order valence-electron chi connectivity index (χ2n) is 5.36. The molecule has 2 aliphatic carbocycles. The molecule has 1 atom stereocenters. The topological polar surface area (TPSA) is 47.6 Å². The Bertz CT molecular complexity index is 672. The average Bonchev–Trinajstić information content (AvgIpc) is 2.92. The van der Waals surface area contributed by atoms with E-state index in [1.54, 1.807) is 12.1 Å². The summed E-state index contributed by atoms with van der Waals surface area (Å²) in [5.41, 5.74) is 3.39. The molecule has 92 valence electrons. The Morgan fingerprint density at radius 3 is 2.37 bits per heavy atom. The van der Waals surface area contributed by atoms with Crippen LogP contribution in [0.3, 0.4) is 0 Å². The van der Waals surface area contributed by atoms with Crippen molar-refractivity contribution in [2.75, 3.05) is 0 Å². The van der Waals surface area contributed by atoms with Gasteiger partial charge in [0.25, 0.3) is 0 Å². The first-order chi connectivity index (χ1) is 9.23. The highest BCUT2D eigenvalue weighted by atomic mass is 14.5. The zero-order chi connectivity index (χ0) is 13.5. The highest BCUT2D eigenvalue weighted by Crippen LogP contribution is 2.50. The van der Waals surface area contributed by atoms with E-state index in [1.165, 1.54) is 0 Å². The number of hydrogen-bond donors (Lipinski definition) is 0. The van der Waals surface area contributed by atoms with Gasteiger partial charge < -0.3 is 0 Å². The summed E-state index contributed by atoms with van der Waals surface area (Å²) >= 11 is 0. The molecule has 0 unspecified atom stereocenters. The molecule has 2 aliphatic rings. The minimum absolute atomic E-state index is 0.0258. The summed E-state index contributed by atoms with van der Waals surface area (Å²) in [5, 5.41) is 18.7. The van der Waals surface area contributed by atoms with Gasteiger partial charge in [0.2, 0.25) is 0 Å². The fourth-order valence-electron chi connectivity index (χ4n) is 3.42. The van der Waals surface area contributed by atoms with Gasteiger partial charge in [-0.2, -0.15) is 10.5 Å². The molecule has 19 heavy (non-hydrogen) atoms. The first-order valence-corrected chi connectivity index (χ1v) is 6.54. The van der Waals surface area contributed by atoms with Crippen LogP contribution < -0.4 is 0 Å². The van der Waals surface area contributed by atoms with E-state index in [0.717, 1.165) is 24.0 Å². The van der Waals surface area contributed by atoms with Gasteiger partial charge in [0.15, 0.2) is 0 Å². The van der Waals surface area contributed by atoms with E-state index in [-0.39, 0.29) is 5.41 Å². The van der Waals surface area contributed by atoms with Gasteiger partial charge in [0.1, 0.15) is 0 Å². The zero-order valence-corrected chi connectivity index (χ0v) is 10.9. The van der Waals surface area contributed by atoms with Gasteiger partial charge in [0.05, 0.1) is 23.3 Å². The Labute approximate surface area is 113 Å². The number of nitriles is 2. The maximum atomic E-state index is 9.41. The molecule has 1 spiro atoms. The third-order valence-corrected chi connectivity index (χ3v) is 4.54. The minimum atomic E-state index is -0.0258. The molecule has 1 aromatic rings. The summed E-state index contributed by atoms with van der Waals surface area (Å²) in [7, 11) is 0. The maximum Gasteiger partial charge on any atom is 0.0998 e. The Balaban J connectivity index is 2.35. The Hall–Kier alpha value is -2.32. The second-order valence-corrected chi connectivity index (χ2v) is 5.36.